The average Bonchev–Trinajstić information content (AvgIpc) is 3.12. The monoisotopic (exact) mass is 396 g/mol. The Hall–Kier alpha value is -2.44. The van der Waals surface area contributed by atoms with E-state index in [1.54, 1.807) is 0 Å². The van der Waals surface area contributed by atoms with E-state index in [1.807, 2.05) is 36.4 Å². The molecule has 1 aliphatic rings. The van der Waals surface area contributed by atoms with Crippen molar-refractivity contribution in [2.45, 2.75) is 38.1 Å². The standard InChI is InChI=1S/C22H24N2O3S/c25-21(26)17-5-1-2-6-18(17)23-14-13-15-9-11-16(12-10-15)27-22-24-19-7-3-4-8-20(19)28-22/h3-4,7-12,17-18,23H,1-2,5-6,13-14H2,(H,25,26)/t17-,18-/m1/s1. The number of aliphatic carboxylic acids is 1. The van der Waals surface area contributed by atoms with Crippen molar-refractivity contribution < 1.29 is 14.6 Å². The predicted octanol–water partition coefficient (Wildman–Crippen LogP) is 4.86. The molecule has 2 atom stereocenters. The molecule has 146 valence electrons. The molecule has 1 heterocycles. The number of para-hydroxylation sites is 1. The summed E-state index contributed by atoms with van der Waals surface area (Å²) in [6, 6.07) is 16.1. The summed E-state index contributed by atoms with van der Waals surface area (Å²) >= 11 is 1.54. The third-order valence-corrected chi connectivity index (χ3v) is 6.22. The first kappa shape index (κ1) is 18.9. The second-order valence-corrected chi connectivity index (χ2v) is 8.23. The van der Waals surface area contributed by atoms with E-state index in [0.717, 1.165) is 54.6 Å². The summed E-state index contributed by atoms with van der Waals surface area (Å²) in [5.41, 5.74) is 2.15. The molecule has 0 unspecified atom stereocenters. The number of hydrogen-bond donors (Lipinski definition) is 2. The van der Waals surface area contributed by atoms with E-state index in [-0.39, 0.29) is 12.0 Å². The smallest absolute Gasteiger partial charge is 0.308 e. The van der Waals surface area contributed by atoms with Gasteiger partial charge in [-0.1, -0.05) is 48.4 Å². The first-order chi connectivity index (χ1) is 13.7. The highest BCUT2D eigenvalue weighted by molar-refractivity contribution is 7.20. The normalized spacial score (nSPS) is 19.6. The van der Waals surface area contributed by atoms with Crippen molar-refractivity contribution >= 4 is 27.5 Å². The molecule has 2 aromatic carbocycles. The number of thiazole rings is 1. The van der Waals surface area contributed by atoms with Crippen LogP contribution in [0.3, 0.4) is 0 Å². The zero-order valence-electron chi connectivity index (χ0n) is 15.6. The molecule has 28 heavy (non-hydrogen) atoms. The van der Waals surface area contributed by atoms with Gasteiger partial charge in [0, 0.05) is 6.04 Å². The predicted molar refractivity (Wildman–Crippen MR) is 111 cm³/mol. The molecule has 0 amide bonds. The number of fused-ring (bicyclic) bond motifs is 1. The van der Waals surface area contributed by atoms with E-state index in [4.69, 9.17) is 4.74 Å². The number of carboxylic acids is 1. The maximum atomic E-state index is 11.4. The zero-order valence-corrected chi connectivity index (χ0v) is 16.5. The molecule has 1 aromatic heterocycles. The molecule has 0 bridgehead atoms. The number of rotatable bonds is 7. The molecule has 3 aromatic rings. The van der Waals surface area contributed by atoms with Crippen LogP contribution in [-0.2, 0) is 11.2 Å². The Morgan fingerprint density at radius 3 is 2.71 bits per heavy atom. The minimum atomic E-state index is -0.673. The quantitative estimate of drug-likeness (QED) is 0.596. The minimum absolute atomic E-state index is 0.0906. The van der Waals surface area contributed by atoms with Gasteiger partial charge >= 0.3 is 5.97 Å². The van der Waals surface area contributed by atoms with Gasteiger partial charge in [0.25, 0.3) is 5.19 Å². The number of aromatic nitrogens is 1. The number of hydrogen-bond acceptors (Lipinski definition) is 5. The van der Waals surface area contributed by atoms with Crippen LogP contribution < -0.4 is 10.1 Å². The Bertz CT molecular complexity index is 905. The molecule has 2 N–H and O–H groups in total. The van der Waals surface area contributed by atoms with E-state index in [9.17, 15) is 9.90 Å². The van der Waals surface area contributed by atoms with Crippen molar-refractivity contribution in [2.24, 2.45) is 5.92 Å². The van der Waals surface area contributed by atoms with Crippen molar-refractivity contribution in [2.75, 3.05) is 6.54 Å². The number of carbonyl (C=O) groups is 1. The summed E-state index contributed by atoms with van der Waals surface area (Å²) in [6.07, 6.45) is 4.73. The summed E-state index contributed by atoms with van der Waals surface area (Å²) in [4.78, 5) is 15.9. The second kappa shape index (κ2) is 8.71. The first-order valence-electron chi connectivity index (χ1n) is 9.77. The van der Waals surface area contributed by atoms with E-state index in [2.05, 4.69) is 22.4 Å². The average molecular weight is 397 g/mol. The van der Waals surface area contributed by atoms with Gasteiger partial charge in [0.2, 0.25) is 0 Å². The van der Waals surface area contributed by atoms with Gasteiger partial charge in [0.05, 0.1) is 16.1 Å². The lowest BCUT2D eigenvalue weighted by Crippen LogP contribution is -2.43. The van der Waals surface area contributed by atoms with Gasteiger partial charge in [0.1, 0.15) is 5.75 Å². The Morgan fingerprint density at radius 1 is 1.14 bits per heavy atom. The van der Waals surface area contributed by atoms with E-state index in [1.165, 1.54) is 16.9 Å². The summed E-state index contributed by atoms with van der Waals surface area (Å²) in [5, 5.41) is 13.5. The fourth-order valence-electron chi connectivity index (χ4n) is 3.79. The maximum Gasteiger partial charge on any atom is 0.308 e. The molecule has 6 heteroatoms. The summed E-state index contributed by atoms with van der Waals surface area (Å²) in [7, 11) is 0. The highest BCUT2D eigenvalue weighted by Gasteiger charge is 2.30. The minimum Gasteiger partial charge on any atom is -0.481 e. The third-order valence-electron chi connectivity index (χ3n) is 5.31. The fraction of sp³-hybridized carbons (Fsp3) is 0.364. The SMILES string of the molecule is O=C(O)[C@@H]1CCCC[C@H]1NCCc1ccc(Oc2nc3ccccc3s2)cc1. The number of benzene rings is 2. The Balaban J connectivity index is 1.30. The molecule has 1 fully saturated rings. The largest absolute Gasteiger partial charge is 0.481 e. The van der Waals surface area contributed by atoms with Crippen LogP contribution in [0.15, 0.2) is 48.5 Å². The third kappa shape index (κ3) is 4.51. The first-order valence-corrected chi connectivity index (χ1v) is 10.6. The van der Waals surface area contributed by atoms with Gasteiger partial charge in [-0.3, -0.25) is 4.79 Å². The van der Waals surface area contributed by atoms with Gasteiger partial charge in [0.15, 0.2) is 0 Å². The van der Waals surface area contributed by atoms with Crippen LogP contribution in [0, 0.1) is 5.92 Å². The summed E-state index contributed by atoms with van der Waals surface area (Å²) in [6.45, 7) is 0.784. The van der Waals surface area contributed by atoms with Crippen molar-refractivity contribution in [3.63, 3.8) is 0 Å². The van der Waals surface area contributed by atoms with Crippen LogP contribution in [0.5, 0.6) is 10.9 Å². The highest BCUT2D eigenvalue weighted by Crippen LogP contribution is 2.31. The van der Waals surface area contributed by atoms with Crippen molar-refractivity contribution in [1.29, 1.82) is 0 Å². The van der Waals surface area contributed by atoms with Crippen LogP contribution in [0.25, 0.3) is 10.2 Å². The lowest BCUT2D eigenvalue weighted by atomic mass is 9.84. The van der Waals surface area contributed by atoms with Crippen LogP contribution in [-0.4, -0.2) is 28.6 Å². The van der Waals surface area contributed by atoms with Gasteiger partial charge in [-0.25, -0.2) is 4.98 Å². The lowest BCUT2D eigenvalue weighted by molar-refractivity contribution is -0.143. The fourth-order valence-corrected chi connectivity index (χ4v) is 4.63. The number of carboxylic acid groups (broad SMARTS) is 1. The van der Waals surface area contributed by atoms with Crippen molar-refractivity contribution in [1.82, 2.24) is 10.3 Å². The van der Waals surface area contributed by atoms with Crippen LogP contribution in [0.4, 0.5) is 0 Å². The Kier molecular flexibility index (Phi) is 5.88. The molecular weight excluding hydrogens is 372 g/mol. The van der Waals surface area contributed by atoms with Crippen LogP contribution in [0.1, 0.15) is 31.2 Å². The zero-order chi connectivity index (χ0) is 19.3. The molecule has 5 nitrogen and oxygen atoms in total. The van der Waals surface area contributed by atoms with Crippen LogP contribution in [0.2, 0.25) is 0 Å². The van der Waals surface area contributed by atoms with E-state index >= 15 is 0 Å². The van der Waals surface area contributed by atoms with Crippen LogP contribution >= 0.6 is 11.3 Å². The molecule has 1 aliphatic carbocycles. The maximum absolute atomic E-state index is 11.4. The van der Waals surface area contributed by atoms with Gasteiger partial charge in [-0.05, 0) is 55.6 Å². The number of nitrogens with one attached hydrogen (secondary N) is 1. The summed E-state index contributed by atoms with van der Waals surface area (Å²) < 4.78 is 7.00. The number of nitrogens with zero attached hydrogens (tertiary/aromatic N) is 1. The van der Waals surface area contributed by atoms with Gasteiger partial charge in [-0.2, -0.15) is 0 Å². The van der Waals surface area contributed by atoms with Crippen molar-refractivity contribution in [3.8, 4) is 10.9 Å². The molecule has 0 aliphatic heterocycles. The molecule has 4 rings (SSSR count). The topological polar surface area (TPSA) is 71.5 Å². The van der Waals surface area contributed by atoms with Gasteiger partial charge in [-0.15, -0.1) is 0 Å². The van der Waals surface area contributed by atoms with E-state index in [0.29, 0.717) is 5.19 Å². The molecule has 0 radical (unpaired) electrons. The Morgan fingerprint density at radius 2 is 1.93 bits per heavy atom. The lowest BCUT2D eigenvalue weighted by Gasteiger charge is -2.29. The second-order valence-electron chi connectivity index (χ2n) is 7.23. The van der Waals surface area contributed by atoms with E-state index < -0.39 is 5.97 Å². The Labute approximate surface area is 168 Å². The molecular formula is C22H24N2O3S. The molecule has 1 saturated carbocycles. The molecule has 0 spiro atoms. The summed E-state index contributed by atoms with van der Waals surface area (Å²) in [5.74, 6) is -0.152. The molecule has 0 saturated heterocycles. The number of ether oxygens (including phenoxy) is 1. The van der Waals surface area contributed by atoms with Gasteiger partial charge < -0.3 is 15.2 Å². The van der Waals surface area contributed by atoms with Crippen molar-refractivity contribution in [3.05, 3.63) is 54.1 Å². The highest BCUT2D eigenvalue weighted by atomic mass is 32.1.